The average molecular weight is 353 g/mol. The van der Waals surface area contributed by atoms with E-state index in [4.69, 9.17) is 0 Å². The van der Waals surface area contributed by atoms with E-state index in [1.54, 1.807) is 4.90 Å². The highest BCUT2D eigenvalue weighted by molar-refractivity contribution is 6.15. The summed E-state index contributed by atoms with van der Waals surface area (Å²) in [5.41, 5.74) is 1.65. The summed E-state index contributed by atoms with van der Waals surface area (Å²) in [6, 6.07) is 9.42. The Hall–Kier alpha value is -2.83. The Balaban J connectivity index is 1.69. The summed E-state index contributed by atoms with van der Waals surface area (Å²) in [6.45, 7) is 2.08. The van der Waals surface area contributed by atoms with Gasteiger partial charge in [0.15, 0.2) is 5.82 Å². The number of likely N-dealkylation sites (N-methyl/N-ethyl adjacent to an activating group) is 1. The van der Waals surface area contributed by atoms with Crippen molar-refractivity contribution in [2.45, 2.75) is 38.1 Å². The zero-order chi connectivity index (χ0) is 18.3. The van der Waals surface area contributed by atoms with E-state index in [2.05, 4.69) is 15.5 Å². The first-order valence-electron chi connectivity index (χ1n) is 8.98. The van der Waals surface area contributed by atoms with Crippen molar-refractivity contribution in [1.82, 2.24) is 10.2 Å². The first-order valence-corrected chi connectivity index (χ1v) is 8.98. The van der Waals surface area contributed by atoms with Gasteiger partial charge in [-0.1, -0.05) is 25.0 Å². The second-order valence-electron chi connectivity index (χ2n) is 7.20. The number of hydrogen-bond donors (Lipinski definition) is 2. The molecule has 7 nitrogen and oxygen atoms in total. The number of fused-ring (bicyclic) bond motifs is 1. The number of aryl methyl sites for hydroxylation is 1. The van der Waals surface area contributed by atoms with E-state index >= 15 is 0 Å². The molecule has 0 bridgehead atoms. The summed E-state index contributed by atoms with van der Waals surface area (Å²) in [6.07, 6.45) is 3.30. The Bertz CT molecular complexity index is 853. The SMILES string of the molecule is Cc1cc(N(C)CC(=O)N2c3ccccc3NC(=O)C23CCCC3)n[nH]1. The van der Waals surface area contributed by atoms with Gasteiger partial charge in [0.2, 0.25) is 5.91 Å². The maximum absolute atomic E-state index is 13.3. The second-order valence-corrected chi connectivity index (χ2v) is 7.20. The molecule has 2 N–H and O–H groups in total. The van der Waals surface area contributed by atoms with Crippen LogP contribution in [0.15, 0.2) is 30.3 Å². The molecular formula is C19H23N5O2. The van der Waals surface area contributed by atoms with Gasteiger partial charge in [-0.25, -0.2) is 0 Å². The standard InChI is InChI=1S/C19H23N5O2/c1-13-11-16(22-21-13)23(2)12-17(25)24-15-8-4-3-7-14(15)20-18(26)19(24)9-5-6-10-19/h3-4,7-8,11H,5-6,9-10,12H2,1-2H3,(H,20,26)(H,21,22). The van der Waals surface area contributed by atoms with Gasteiger partial charge >= 0.3 is 0 Å². The number of carbonyl (C=O) groups is 2. The Labute approximate surface area is 152 Å². The van der Waals surface area contributed by atoms with Gasteiger partial charge in [-0.15, -0.1) is 0 Å². The number of anilines is 3. The van der Waals surface area contributed by atoms with Crippen molar-refractivity contribution in [3.63, 3.8) is 0 Å². The first-order chi connectivity index (χ1) is 12.5. The number of aromatic amines is 1. The smallest absolute Gasteiger partial charge is 0.250 e. The van der Waals surface area contributed by atoms with Crippen LogP contribution in [0.2, 0.25) is 0 Å². The average Bonchev–Trinajstić information content (AvgIpc) is 3.26. The summed E-state index contributed by atoms with van der Waals surface area (Å²) < 4.78 is 0. The summed E-state index contributed by atoms with van der Waals surface area (Å²) in [5, 5.41) is 10.1. The molecule has 1 spiro atoms. The van der Waals surface area contributed by atoms with Crippen LogP contribution < -0.4 is 15.1 Å². The van der Waals surface area contributed by atoms with Crippen molar-refractivity contribution in [1.29, 1.82) is 0 Å². The molecule has 2 heterocycles. The molecule has 1 fully saturated rings. The van der Waals surface area contributed by atoms with Crippen molar-refractivity contribution in [3.05, 3.63) is 36.0 Å². The fraction of sp³-hybridized carbons (Fsp3) is 0.421. The number of nitrogens with one attached hydrogen (secondary N) is 2. The van der Waals surface area contributed by atoms with Crippen LogP contribution in [0.4, 0.5) is 17.2 Å². The highest BCUT2D eigenvalue weighted by Crippen LogP contribution is 2.45. The topological polar surface area (TPSA) is 81.3 Å². The first kappa shape index (κ1) is 16.6. The van der Waals surface area contributed by atoms with Gasteiger partial charge < -0.3 is 10.2 Å². The van der Waals surface area contributed by atoms with Gasteiger partial charge in [0.1, 0.15) is 5.54 Å². The molecule has 0 saturated heterocycles. The van der Waals surface area contributed by atoms with E-state index in [0.29, 0.717) is 24.3 Å². The van der Waals surface area contributed by atoms with Crippen LogP contribution in [0.1, 0.15) is 31.4 Å². The van der Waals surface area contributed by atoms with Crippen LogP contribution >= 0.6 is 0 Å². The maximum atomic E-state index is 13.3. The number of amides is 2. The monoisotopic (exact) mass is 353 g/mol. The lowest BCUT2D eigenvalue weighted by molar-refractivity contribution is -0.126. The number of para-hydroxylation sites is 2. The lowest BCUT2D eigenvalue weighted by Gasteiger charge is -2.44. The fourth-order valence-electron chi connectivity index (χ4n) is 4.08. The molecule has 1 aliphatic carbocycles. The molecule has 26 heavy (non-hydrogen) atoms. The minimum absolute atomic E-state index is 0.0692. The summed E-state index contributed by atoms with van der Waals surface area (Å²) in [7, 11) is 1.84. The highest BCUT2D eigenvalue weighted by atomic mass is 16.2. The van der Waals surface area contributed by atoms with Crippen molar-refractivity contribution in [2.24, 2.45) is 0 Å². The predicted octanol–water partition coefficient (Wildman–Crippen LogP) is 2.45. The van der Waals surface area contributed by atoms with E-state index < -0.39 is 5.54 Å². The van der Waals surface area contributed by atoms with Gasteiger partial charge in [0.05, 0.1) is 17.9 Å². The molecule has 2 aromatic rings. The molecule has 4 rings (SSSR count). The summed E-state index contributed by atoms with van der Waals surface area (Å²) in [4.78, 5) is 29.8. The molecule has 2 amide bonds. The van der Waals surface area contributed by atoms with Crippen LogP contribution in [-0.2, 0) is 9.59 Å². The van der Waals surface area contributed by atoms with Gasteiger partial charge in [-0.2, -0.15) is 5.10 Å². The Morgan fingerprint density at radius 2 is 2.04 bits per heavy atom. The van der Waals surface area contributed by atoms with E-state index in [1.807, 2.05) is 49.2 Å². The number of carbonyl (C=O) groups excluding carboxylic acids is 2. The van der Waals surface area contributed by atoms with Crippen LogP contribution in [0.5, 0.6) is 0 Å². The molecule has 0 atom stereocenters. The second kappa shape index (κ2) is 6.16. The van der Waals surface area contributed by atoms with Crippen LogP contribution in [0, 0.1) is 6.92 Å². The predicted molar refractivity (Wildman–Crippen MR) is 100 cm³/mol. The Morgan fingerprint density at radius 1 is 1.31 bits per heavy atom. The van der Waals surface area contributed by atoms with Crippen molar-refractivity contribution < 1.29 is 9.59 Å². The Morgan fingerprint density at radius 3 is 2.73 bits per heavy atom. The summed E-state index contributed by atoms with van der Waals surface area (Å²) in [5.74, 6) is 0.559. The van der Waals surface area contributed by atoms with E-state index in [-0.39, 0.29) is 18.4 Å². The van der Waals surface area contributed by atoms with Crippen molar-refractivity contribution >= 4 is 29.0 Å². The molecule has 1 aromatic heterocycles. The molecule has 7 heteroatoms. The number of H-pyrrole nitrogens is 1. The molecular weight excluding hydrogens is 330 g/mol. The van der Waals surface area contributed by atoms with Gasteiger partial charge in [0.25, 0.3) is 5.91 Å². The Kier molecular flexibility index (Phi) is 3.94. The summed E-state index contributed by atoms with van der Waals surface area (Å²) >= 11 is 0. The molecule has 136 valence electrons. The molecule has 2 aliphatic rings. The fourth-order valence-corrected chi connectivity index (χ4v) is 4.08. The molecule has 0 unspecified atom stereocenters. The quantitative estimate of drug-likeness (QED) is 0.888. The van der Waals surface area contributed by atoms with Crippen LogP contribution in [-0.4, -0.2) is 41.1 Å². The zero-order valence-electron chi connectivity index (χ0n) is 15.1. The number of aromatic nitrogens is 2. The third-order valence-corrected chi connectivity index (χ3v) is 5.38. The number of rotatable bonds is 3. The van der Waals surface area contributed by atoms with E-state index in [0.717, 1.165) is 24.2 Å². The van der Waals surface area contributed by atoms with Gasteiger partial charge in [0, 0.05) is 18.8 Å². The molecule has 1 aliphatic heterocycles. The third-order valence-electron chi connectivity index (χ3n) is 5.38. The van der Waals surface area contributed by atoms with E-state index in [1.165, 1.54) is 0 Å². The normalized spacial score (nSPS) is 17.9. The van der Waals surface area contributed by atoms with Crippen LogP contribution in [0.3, 0.4) is 0 Å². The van der Waals surface area contributed by atoms with Crippen molar-refractivity contribution in [3.8, 4) is 0 Å². The molecule has 1 aromatic carbocycles. The van der Waals surface area contributed by atoms with Gasteiger partial charge in [-0.3, -0.25) is 19.6 Å². The number of nitrogens with zero attached hydrogens (tertiary/aromatic N) is 3. The number of benzene rings is 1. The lowest BCUT2D eigenvalue weighted by atomic mass is 9.89. The van der Waals surface area contributed by atoms with E-state index in [9.17, 15) is 9.59 Å². The van der Waals surface area contributed by atoms with Crippen molar-refractivity contribution in [2.75, 3.05) is 28.7 Å². The molecule has 1 saturated carbocycles. The largest absolute Gasteiger partial charge is 0.349 e. The lowest BCUT2D eigenvalue weighted by Crippen LogP contribution is -2.62. The number of hydrogen-bond acceptors (Lipinski definition) is 4. The van der Waals surface area contributed by atoms with Gasteiger partial charge in [-0.05, 0) is 31.9 Å². The zero-order valence-corrected chi connectivity index (χ0v) is 15.1. The molecule has 0 radical (unpaired) electrons. The maximum Gasteiger partial charge on any atom is 0.250 e. The van der Waals surface area contributed by atoms with Crippen LogP contribution in [0.25, 0.3) is 0 Å². The highest BCUT2D eigenvalue weighted by Gasteiger charge is 2.52. The third kappa shape index (κ3) is 2.55. The minimum Gasteiger partial charge on any atom is -0.349 e. The minimum atomic E-state index is -0.770.